The van der Waals surface area contributed by atoms with Crippen LogP contribution in [0.5, 0.6) is 0 Å². The van der Waals surface area contributed by atoms with E-state index in [4.69, 9.17) is 0 Å². The lowest BCUT2D eigenvalue weighted by Crippen LogP contribution is -2.46. The molecule has 2 aliphatic rings. The number of hydrogen-bond donors (Lipinski definition) is 0. The predicted octanol–water partition coefficient (Wildman–Crippen LogP) is 1.43. The normalized spacial score (nSPS) is 26.3. The second kappa shape index (κ2) is 5.33. The van der Waals surface area contributed by atoms with Gasteiger partial charge in [0.1, 0.15) is 0 Å². The molecular formula is C10H19BrN2O2S. The fraction of sp³-hybridized carbons (Fsp3) is 1.00. The van der Waals surface area contributed by atoms with E-state index in [-0.39, 0.29) is 0 Å². The minimum Gasteiger partial charge on any atom is -0.195 e. The Hall–Kier alpha value is 0.350. The van der Waals surface area contributed by atoms with E-state index < -0.39 is 10.2 Å². The van der Waals surface area contributed by atoms with E-state index in [0.717, 1.165) is 31.0 Å². The second-order valence-corrected chi connectivity index (χ2v) is 7.19. The Morgan fingerprint density at radius 1 is 1.00 bits per heavy atom. The molecule has 0 N–H and O–H groups in total. The number of hydrogen-bond acceptors (Lipinski definition) is 2. The van der Waals surface area contributed by atoms with Gasteiger partial charge in [0.25, 0.3) is 10.2 Å². The number of rotatable bonds is 3. The predicted molar refractivity (Wildman–Crippen MR) is 67.8 cm³/mol. The van der Waals surface area contributed by atoms with E-state index in [9.17, 15) is 8.42 Å². The van der Waals surface area contributed by atoms with Crippen molar-refractivity contribution in [3.05, 3.63) is 0 Å². The molecule has 2 saturated heterocycles. The maximum absolute atomic E-state index is 12.2. The van der Waals surface area contributed by atoms with Crippen LogP contribution in [0.2, 0.25) is 0 Å². The van der Waals surface area contributed by atoms with Crippen LogP contribution in [0.15, 0.2) is 0 Å². The van der Waals surface area contributed by atoms with Crippen molar-refractivity contribution < 1.29 is 8.42 Å². The molecule has 0 aliphatic carbocycles. The molecule has 6 heteroatoms. The van der Waals surface area contributed by atoms with Crippen molar-refractivity contribution in [2.24, 2.45) is 5.92 Å². The van der Waals surface area contributed by atoms with Gasteiger partial charge >= 0.3 is 0 Å². The van der Waals surface area contributed by atoms with Crippen molar-refractivity contribution in [1.29, 1.82) is 0 Å². The first-order valence-electron chi connectivity index (χ1n) is 5.96. The highest BCUT2D eigenvalue weighted by molar-refractivity contribution is 9.09. The Balaban J connectivity index is 1.97. The Morgan fingerprint density at radius 3 is 2.00 bits per heavy atom. The summed E-state index contributed by atoms with van der Waals surface area (Å²) in [7, 11) is -3.14. The van der Waals surface area contributed by atoms with Crippen LogP contribution in [0.4, 0.5) is 0 Å². The summed E-state index contributed by atoms with van der Waals surface area (Å²) in [5, 5.41) is 0.991. The van der Waals surface area contributed by atoms with Gasteiger partial charge in [0.05, 0.1) is 0 Å². The maximum Gasteiger partial charge on any atom is 0.281 e. The molecule has 0 saturated carbocycles. The molecule has 94 valence electrons. The van der Waals surface area contributed by atoms with Gasteiger partial charge in [-0.3, -0.25) is 0 Å². The number of halogens is 1. The molecular weight excluding hydrogens is 292 g/mol. The van der Waals surface area contributed by atoms with E-state index in [1.807, 2.05) is 0 Å². The monoisotopic (exact) mass is 310 g/mol. The molecule has 0 radical (unpaired) electrons. The Bertz CT molecular complexity index is 320. The lowest BCUT2D eigenvalue weighted by Gasteiger charge is -2.33. The molecule has 2 rings (SSSR count). The summed E-state index contributed by atoms with van der Waals surface area (Å²) < 4.78 is 27.8. The summed E-state index contributed by atoms with van der Waals surface area (Å²) in [4.78, 5) is 0. The van der Waals surface area contributed by atoms with E-state index in [0.29, 0.717) is 32.1 Å². The zero-order chi connectivity index (χ0) is 11.6. The van der Waals surface area contributed by atoms with Crippen LogP contribution >= 0.6 is 15.9 Å². The molecule has 2 heterocycles. The first kappa shape index (κ1) is 12.8. The highest BCUT2D eigenvalue weighted by Gasteiger charge is 2.33. The lowest BCUT2D eigenvalue weighted by molar-refractivity contribution is 0.274. The van der Waals surface area contributed by atoms with Crippen LogP contribution in [-0.2, 0) is 10.2 Å². The van der Waals surface area contributed by atoms with Crippen LogP contribution in [0.1, 0.15) is 25.7 Å². The highest BCUT2D eigenvalue weighted by atomic mass is 79.9. The minimum atomic E-state index is -3.14. The zero-order valence-electron chi connectivity index (χ0n) is 9.44. The summed E-state index contributed by atoms with van der Waals surface area (Å²) in [5.74, 6) is 0.644. The molecule has 16 heavy (non-hydrogen) atoms. The molecule has 0 aromatic rings. The third kappa shape index (κ3) is 2.60. The average molecular weight is 311 g/mol. The van der Waals surface area contributed by atoms with E-state index in [1.54, 1.807) is 8.61 Å². The summed E-state index contributed by atoms with van der Waals surface area (Å²) in [6.45, 7) is 2.80. The Labute approximate surface area is 106 Å². The lowest BCUT2D eigenvalue weighted by atomic mass is 10.0. The fourth-order valence-electron chi connectivity index (χ4n) is 2.38. The second-order valence-electron chi connectivity index (χ2n) is 4.61. The molecule has 2 fully saturated rings. The molecule has 2 aliphatic heterocycles. The molecule has 0 aromatic heterocycles. The van der Waals surface area contributed by atoms with E-state index in [1.165, 1.54) is 0 Å². The van der Waals surface area contributed by atoms with Crippen molar-refractivity contribution in [1.82, 2.24) is 8.61 Å². The summed E-state index contributed by atoms with van der Waals surface area (Å²) in [5.41, 5.74) is 0. The zero-order valence-corrected chi connectivity index (χ0v) is 11.8. The molecule has 0 aromatic carbocycles. The van der Waals surface area contributed by atoms with Gasteiger partial charge in [-0.05, 0) is 31.6 Å². The summed E-state index contributed by atoms with van der Waals surface area (Å²) >= 11 is 3.47. The molecule has 0 spiro atoms. The van der Waals surface area contributed by atoms with Gasteiger partial charge in [-0.1, -0.05) is 15.9 Å². The van der Waals surface area contributed by atoms with Gasteiger partial charge in [0, 0.05) is 31.5 Å². The van der Waals surface area contributed by atoms with Gasteiger partial charge in [-0.15, -0.1) is 0 Å². The van der Waals surface area contributed by atoms with E-state index >= 15 is 0 Å². The van der Waals surface area contributed by atoms with Crippen LogP contribution in [0.25, 0.3) is 0 Å². The van der Waals surface area contributed by atoms with Gasteiger partial charge in [0.2, 0.25) is 0 Å². The summed E-state index contributed by atoms with van der Waals surface area (Å²) in [6.07, 6.45) is 3.99. The molecule has 0 unspecified atom stereocenters. The minimum absolute atomic E-state index is 0.644. The van der Waals surface area contributed by atoms with Crippen molar-refractivity contribution in [2.45, 2.75) is 25.7 Å². The highest BCUT2D eigenvalue weighted by Crippen LogP contribution is 2.24. The molecule has 0 amide bonds. The van der Waals surface area contributed by atoms with Gasteiger partial charge in [-0.2, -0.15) is 17.0 Å². The quantitative estimate of drug-likeness (QED) is 0.740. The maximum atomic E-state index is 12.2. The standard InChI is InChI=1S/C10H19BrN2O2S/c11-9-10-3-7-13(8-4-10)16(14,15)12-5-1-2-6-12/h10H,1-9H2. The molecule has 4 nitrogen and oxygen atoms in total. The van der Waals surface area contributed by atoms with Crippen molar-refractivity contribution in [2.75, 3.05) is 31.5 Å². The fourth-order valence-corrected chi connectivity index (χ4v) is 4.74. The van der Waals surface area contributed by atoms with Crippen LogP contribution in [0, 0.1) is 5.92 Å². The first-order valence-corrected chi connectivity index (χ1v) is 8.47. The largest absolute Gasteiger partial charge is 0.281 e. The van der Waals surface area contributed by atoms with E-state index in [2.05, 4.69) is 15.9 Å². The third-order valence-electron chi connectivity index (χ3n) is 3.51. The first-order chi connectivity index (χ1) is 7.64. The van der Waals surface area contributed by atoms with Gasteiger partial charge in [-0.25, -0.2) is 0 Å². The van der Waals surface area contributed by atoms with Gasteiger partial charge < -0.3 is 0 Å². The van der Waals surface area contributed by atoms with Crippen molar-refractivity contribution in [3.8, 4) is 0 Å². The van der Waals surface area contributed by atoms with Crippen molar-refractivity contribution in [3.63, 3.8) is 0 Å². The SMILES string of the molecule is O=S(=O)(N1CCCC1)N1CCC(CBr)CC1. The number of nitrogens with zero attached hydrogens (tertiary/aromatic N) is 2. The van der Waals surface area contributed by atoms with Crippen LogP contribution in [0.3, 0.4) is 0 Å². The molecule has 0 bridgehead atoms. The molecule has 0 atom stereocenters. The summed E-state index contributed by atoms with van der Waals surface area (Å²) in [6, 6.07) is 0. The average Bonchev–Trinajstić information content (AvgIpc) is 2.83. The Morgan fingerprint density at radius 2 is 1.50 bits per heavy atom. The Kier molecular flexibility index (Phi) is 4.26. The third-order valence-corrected chi connectivity index (χ3v) is 6.46. The number of piperidine rings is 1. The smallest absolute Gasteiger partial charge is 0.195 e. The van der Waals surface area contributed by atoms with Crippen molar-refractivity contribution >= 4 is 26.1 Å². The topological polar surface area (TPSA) is 40.6 Å². The van der Waals surface area contributed by atoms with Crippen LogP contribution < -0.4 is 0 Å². The van der Waals surface area contributed by atoms with Gasteiger partial charge in [0.15, 0.2) is 0 Å². The number of alkyl halides is 1. The van der Waals surface area contributed by atoms with Crippen LogP contribution in [-0.4, -0.2) is 48.5 Å².